The molecule has 1 heterocycles. The molecule has 138 valence electrons. The summed E-state index contributed by atoms with van der Waals surface area (Å²) < 4.78 is 33.2. The Balaban J connectivity index is 2.23. The molecule has 27 heavy (non-hydrogen) atoms. The third-order valence-corrected chi connectivity index (χ3v) is 4.50. The van der Waals surface area contributed by atoms with E-state index >= 15 is 0 Å². The van der Waals surface area contributed by atoms with Crippen molar-refractivity contribution in [3.8, 4) is 0 Å². The lowest BCUT2D eigenvalue weighted by molar-refractivity contribution is -0.136. The predicted molar refractivity (Wildman–Crippen MR) is 98.0 cm³/mol. The molecular weight excluding hydrogens is 376 g/mol. The zero-order valence-electron chi connectivity index (χ0n) is 14.4. The van der Waals surface area contributed by atoms with Crippen molar-refractivity contribution < 1.29 is 23.1 Å². The summed E-state index contributed by atoms with van der Waals surface area (Å²) in [5.41, 5.74) is -0.105. The quantitative estimate of drug-likeness (QED) is 0.573. The Hall–Kier alpha value is -2.99. The summed E-state index contributed by atoms with van der Waals surface area (Å²) >= 11 is 6.03. The van der Waals surface area contributed by atoms with E-state index in [1.807, 2.05) is 0 Å². The zero-order valence-corrected chi connectivity index (χ0v) is 15.2. The van der Waals surface area contributed by atoms with Gasteiger partial charge in [0.25, 0.3) is 5.91 Å². The molecule has 0 bridgehead atoms. The van der Waals surface area contributed by atoms with E-state index in [2.05, 4.69) is 0 Å². The topological polar surface area (TPSA) is 46.6 Å². The molecule has 0 N–H and O–H groups in total. The molecule has 1 amide bonds. The van der Waals surface area contributed by atoms with Gasteiger partial charge >= 0.3 is 5.97 Å². The fourth-order valence-electron chi connectivity index (χ4n) is 2.90. The van der Waals surface area contributed by atoms with Crippen LogP contribution >= 0.6 is 11.6 Å². The average molecular weight is 390 g/mol. The number of rotatable bonds is 3. The number of para-hydroxylation sites is 1. The highest BCUT2D eigenvalue weighted by molar-refractivity contribution is 6.32. The van der Waals surface area contributed by atoms with Crippen LogP contribution in [0.5, 0.6) is 0 Å². The molecule has 0 unspecified atom stereocenters. The van der Waals surface area contributed by atoms with Crippen molar-refractivity contribution in [3.05, 3.63) is 81.5 Å². The summed E-state index contributed by atoms with van der Waals surface area (Å²) in [7, 11) is 1.16. The maximum atomic E-state index is 14.2. The van der Waals surface area contributed by atoms with Gasteiger partial charge in [-0.15, -0.1) is 0 Å². The summed E-state index contributed by atoms with van der Waals surface area (Å²) in [5.74, 6) is -2.77. The smallest absolute Gasteiger partial charge is 0.340 e. The number of allylic oxidation sites excluding steroid dienone is 1. The van der Waals surface area contributed by atoms with Gasteiger partial charge in [-0.3, -0.25) is 9.69 Å². The van der Waals surface area contributed by atoms with E-state index in [0.717, 1.165) is 12.0 Å². The second-order valence-electron chi connectivity index (χ2n) is 5.74. The number of amides is 1. The number of methoxy groups -OCH3 is 1. The van der Waals surface area contributed by atoms with Crippen molar-refractivity contribution in [2.45, 2.75) is 6.92 Å². The zero-order chi connectivity index (χ0) is 19.7. The summed E-state index contributed by atoms with van der Waals surface area (Å²) in [6.45, 7) is 1.49. The highest BCUT2D eigenvalue weighted by Crippen LogP contribution is 2.37. The van der Waals surface area contributed by atoms with E-state index in [9.17, 15) is 18.4 Å². The Bertz CT molecular complexity index is 994. The molecular formula is C20H14ClF2NO3. The number of hydrogen-bond donors (Lipinski definition) is 0. The van der Waals surface area contributed by atoms with Crippen molar-refractivity contribution in [2.75, 3.05) is 12.0 Å². The van der Waals surface area contributed by atoms with Gasteiger partial charge in [0.1, 0.15) is 11.6 Å². The predicted octanol–water partition coefficient (Wildman–Crippen LogP) is 4.50. The molecule has 1 aliphatic heterocycles. The lowest BCUT2D eigenvalue weighted by Gasteiger charge is -2.18. The van der Waals surface area contributed by atoms with Crippen LogP contribution in [0, 0.1) is 11.6 Å². The minimum absolute atomic E-state index is 0.0237. The maximum absolute atomic E-state index is 14.2. The lowest BCUT2D eigenvalue weighted by atomic mass is 10.0. The van der Waals surface area contributed by atoms with Crippen molar-refractivity contribution in [3.63, 3.8) is 0 Å². The first kappa shape index (κ1) is 18.8. The largest absolute Gasteiger partial charge is 0.465 e. The first-order chi connectivity index (χ1) is 12.9. The van der Waals surface area contributed by atoms with Gasteiger partial charge in [-0.25, -0.2) is 13.6 Å². The number of anilines is 1. The summed E-state index contributed by atoms with van der Waals surface area (Å²) in [5, 5.41) is 0.0708. The Morgan fingerprint density at radius 3 is 2.41 bits per heavy atom. The molecule has 4 nitrogen and oxygen atoms in total. The van der Waals surface area contributed by atoms with E-state index in [1.165, 1.54) is 49.4 Å². The van der Waals surface area contributed by atoms with Gasteiger partial charge in [0.2, 0.25) is 0 Å². The van der Waals surface area contributed by atoms with Gasteiger partial charge in [0.05, 0.1) is 29.0 Å². The number of esters is 1. The molecule has 2 aromatic carbocycles. The number of nitrogens with zero attached hydrogens (tertiary/aromatic N) is 1. The van der Waals surface area contributed by atoms with Crippen molar-refractivity contribution >= 4 is 35.2 Å². The second kappa shape index (κ2) is 7.32. The van der Waals surface area contributed by atoms with Crippen LogP contribution in [-0.2, 0) is 14.3 Å². The van der Waals surface area contributed by atoms with Crippen LogP contribution in [0.15, 0.2) is 59.3 Å². The van der Waals surface area contributed by atoms with Crippen LogP contribution < -0.4 is 4.90 Å². The molecule has 0 spiro atoms. The molecule has 0 saturated heterocycles. The molecule has 2 aromatic rings. The maximum Gasteiger partial charge on any atom is 0.340 e. The van der Waals surface area contributed by atoms with Crippen molar-refractivity contribution in [1.82, 2.24) is 0 Å². The summed E-state index contributed by atoms with van der Waals surface area (Å²) in [6.07, 6.45) is 1.18. The van der Waals surface area contributed by atoms with Gasteiger partial charge in [0, 0.05) is 11.3 Å². The first-order valence-corrected chi connectivity index (χ1v) is 8.29. The van der Waals surface area contributed by atoms with Gasteiger partial charge < -0.3 is 4.74 Å². The third-order valence-electron chi connectivity index (χ3n) is 4.17. The highest BCUT2D eigenvalue weighted by Gasteiger charge is 2.39. The van der Waals surface area contributed by atoms with Gasteiger partial charge in [0.15, 0.2) is 0 Å². The van der Waals surface area contributed by atoms with Crippen molar-refractivity contribution in [1.29, 1.82) is 0 Å². The number of ether oxygens (including phenoxy) is 1. The van der Waals surface area contributed by atoms with Crippen LogP contribution in [0.4, 0.5) is 14.5 Å². The Morgan fingerprint density at radius 1 is 1.11 bits per heavy atom. The number of benzene rings is 2. The number of carbonyl (C=O) groups is 2. The van der Waals surface area contributed by atoms with Crippen LogP contribution in [0.3, 0.4) is 0 Å². The summed E-state index contributed by atoms with van der Waals surface area (Å²) in [4.78, 5) is 26.3. The van der Waals surface area contributed by atoms with Crippen LogP contribution in [-0.4, -0.2) is 19.0 Å². The van der Waals surface area contributed by atoms with E-state index in [4.69, 9.17) is 16.3 Å². The number of hydrogen-bond acceptors (Lipinski definition) is 3. The normalized spacial score (nSPS) is 15.7. The molecule has 0 radical (unpaired) electrons. The Kier molecular flexibility index (Phi) is 5.10. The van der Waals surface area contributed by atoms with E-state index < -0.39 is 23.5 Å². The fourth-order valence-corrected chi connectivity index (χ4v) is 3.11. The monoisotopic (exact) mass is 389 g/mol. The van der Waals surface area contributed by atoms with Gasteiger partial charge in [-0.05, 0) is 37.3 Å². The highest BCUT2D eigenvalue weighted by atomic mass is 35.5. The van der Waals surface area contributed by atoms with E-state index in [-0.39, 0.29) is 33.1 Å². The number of carbonyl (C=O) groups excluding carboxylic acids is 2. The molecule has 3 rings (SSSR count). The second-order valence-corrected chi connectivity index (χ2v) is 6.14. The van der Waals surface area contributed by atoms with E-state index in [0.29, 0.717) is 0 Å². The molecule has 0 fully saturated rings. The average Bonchev–Trinajstić information content (AvgIpc) is 2.88. The van der Waals surface area contributed by atoms with Crippen LogP contribution in [0.2, 0.25) is 5.02 Å². The standard InChI is InChI=1S/C20H14ClF2NO3/c1-11-18(20(26)27-2)13(10-12-14(21)6-5-8-15(12)22)19(25)24(11)17-9-4-3-7-16(17)23/h3-10H,1-2H3/b13-10+. The van der Waals surface area contributed by atoms with Crippen molar-refractivity contribution in [2.24, 2.45) is 0 Å². The third kappa shape index (κ3) is 3.24. The summed E-state index contributed by atoms with van der Waals surface area (Å²) in [6, 6.07) is 9.71. The molecule has 7 heteroatoms. The minimum atomic E-state index is -0.793. The van der Waals surface area contributed by atoms with Gasteiger partial charge in [-0.1, -0.05) is 29.8 Å². The van der Waals surface area contributed by atoms with Crippen LogP contribution in [0.1, 0.15) is 12.5 Å². The molecule has 0 atom stereocenters. The lowest BCUT2D eigenvalue weighted by Crippen LogP contribution is -2.25. The number of halogens is 3. The molecule has 0 aliphatic carbocycles. The van der Waals surface area contributed by atoms with E-state index in [1.54, 1.807) is 6.07 Å². The van der Waals surface area contributed by atoms with Crippen LogP contribution in [0.25, 0.3) is 6.08 Å². The van der Waals surface area contributed by atoms with Gasteiger partial charge in [-0.2, -0.15) is 0 Å². The molecule has 1 aliphatic rings. The Morgan fingerprint density at radius 2 is 1.78 bits per heavy atom. The first-order valence-electron chi connectivity index (χ1n) is 7.91. The minimum Gasteiger partial charge on any atom is -0.465 e. The molecule has 0 saturated carbocycles. The SMILES string of the molecule is COC(=O)C1=C(C)N(c2ccccc2F)C(=O)/C1=C/c1c(F)cccc1Cl. The molecule has 0 aromatic heterocycles. The fraction of sp³-hybridized carbons (Fsp3) is 0.100. The Labute approximate surface area is 159 Å².